The van der Waals surface area contributed by atoms with Gasteiger partial charge in [-0.3, -0.25) is 25.5 Å². The van der Waals surface area contributed by atoms with E-state index in [1.807, 2.05) is 30.3 Å². The summed E-state index contributed by atoms with van der Waals surface area (Å²) in [6.45, 7) is 0. The van der Waals surface area contributed by atoms with Gasteiger partial charge in [0.2, 0.25) is 0 Å². The zero-order valence-corrected chi connectivity index (χ0v) is 14.2. The van der Waals surface area contributed by atoms with Crippen LogP contribution in [0.2, 0.25) is 10.0 Å². The van der Waals surface area contributed by atoms with Gasteiger partial charge in [-0.1, -0.05) is 53.5 Å². The van der Waals surface area contributed by atoms with E-state index in [-0.39, 0.29) is 16.3 Å². The molecule has 1 aromatic heterocycles. The highest BCUT2D eigenvalue weighted by Gasteiger charge is 2.13. The molecule has 0 aliphatic carbocycles. The lowest BCUT2D eigenvalue weighted by atomic mass is 10.1. The number of amides is 2. The Kier molecular flexibility index (Phi) is 5.02. The molecule has 0 radical (unpaired) electrons. The Hall–Kier alpha value is -2.83. The maximum atomic E-state index is 12.1. The molecule has 3 rings (SSSR count). The number of carbonyl (C=O) groups excluding carboxylic acids is 2. The first-order valence-corrected chi connectivity index (χ1v) is 7.97. The average Bonchev–Trinajstić information content (AvgIpc) is 3.12. The summed E-state index contributed by atoms with van der Waals surface area (Å²) in [4.78, 5) is 24.1. The van der Waals surface area contributed by atoms with E-state index < -0.39 is 11.8 Å². The molecule has 0 bridgehead atoms. The van der Waals surface area contributed by atoms with Gasteiger partial charge in [0.15, 0.2) is 0 Å². The summed E-state index contributed by atoms with van der Waals surface area (Å²) in [7, 11) is 0. The van der Waals surface area contributed by atoms with Crippen molar-refractivity contribution < 1.29 is 9.59 Å². The molecule has 3 N–H and O–H groups in total. The summed E-state index contributed by atoms with van der Waals surface area (Å²) in [6.07, 6.45) is 0. The highest BCUT2D eigenvalue weighted by molar-refractivity contribution is 6.42. The maximum Gasteiger partial charge on any atom is 0.287 e. The summed E-state index contributed by atoms with van der Waals surface area (Å²) < 4.78 is 0. The van der Waals surface area contributed by atoms with Crippen molar-refractivity contribution in [2.45, 2.75) is 0 Å². The van der Waals surface area contributed by atoms with Crippen LogP contribution in [0.4, 0.5) is 0 Å². The molecule has 6 nitrogen and oxygen atoms in total. The van der Waals surface area contributed by atoms with E-state index in [1.54, 1.807) is 6.07 Å². The molecule has 126 valence electrons. The predicted octanol–water partition coefficient (Wildman–Crippen LogP) is 3.46. The highest BCUT2D eigenvalue weighted by atomic mass is 35.5. The third-order valence-corrected chi connectivity index (χ3v) is 4.10. The standard InChI is InChI=1S/C17H12Cl2N4O2/c18-12-7-6-11(8-13(12)19)16(24)22-23-17(25)15-9-14(20-21-15)10-4-2-1-3-5-10/h1-9H,(H,20,21)(H,22,24)(H,23,25). The van der Waals surface area contributed by atoms with E-state index in [1.165, 1.54) is 18.2 Å². The molecular weight excluding hydrogens is 363 g/mol. The first-order chi connectivity index (χ1) is 12.0. The molecule has 2 aromatic carbocycles. The van der Waals surface area contributed by atoms with Crippen LogP contribution in [-0.2, 0) is 0 Å². The van der Waals surface area contributed by atoms with Gasteiger partial charge in [0.05, 0.1) is 15.7 Å². The number of nitrogens with one attached hydrogen (secondary N) is 3. The van der Waals surface area contributed by atoms with Gasteiger partial charge in [-0.2, -0.15) is 5.10 Å². The van der Waals surface area contributed by atoms with E-state index in [4.69, 9.17) is 23.2 Å². The molecule has 2 amide bonds. The van der Waals surface area contributed by atoms with Gasteiger partial charge in [0.25, 0.3) is 11.8 Å². The molecule has 0 saturated heterocycles. The molecule has 0 saturated carbocycles. The first-order valence-electron chi connectivity index (χ1n) is 7.21. The number of aromatic nitrogens is 2. The highest BCUT2D eigenvalue weighted by Crippen LogP contribution is 2.22. The monoisotopic (exact) mass is 374 g/mol. The van der Waals surface area contributed by atoms with Crippen LogP contribution < -0.4 is 10.9 Å². The molecule has 3 aromatic rings. The number of hydrogen-bond donors (Lipinski definition) is 3. The second-order valence-corrected chi connectivity index (χ2v) is 5.88. The average molecular weight is 375 g/mol. The Labute approximate surface area is 153 Å². The van der Waals surface area contributed by atoms with Crippen LogP contribution in [0.25, 0.3) is 11.3 Å². The number of aromatic amines is 1. The van der Waals surface area contributed by atoms with Gasteiger partial charge >= 0.3 is 0 Å². The van der Waals surface area contributed by atoms with E-state index in [0.717, 1.165) is 5.56 Å². The lowest BCUT2D eigenvalue weighted by molar-refractivity contribution is 0.0844. The fourth-order valence-corrected chi connectivity index (χ4v) is 2.38. The zero-order valence-electron chi connectivity index (χ0n) is 12.7. The van der Waals surface area contributed by atoms with Crippen LogP contribution in [-0.4, -0.2) is 22.0 Å². The van der Waals surface area contributed by atoms with Gasteiger partial charge < -0.3 is 0 Å². The largest absolute Gasteiger partial charge is 0.287 e. The molecule has 25 heavy (non-hydrogen) atoms. The summed E-state index contributed by atoms with van der Waals surface area (Å²) in [5.41, 5.74) is 6.60. The van der Waals surface area contributed by atoms with Crippen molar-refractivity contribution in [2.75, 3.05) is 0 Å². The van der Waals surface area contributed by atoms with Crippen molar-refractivity contribution >= 4 is 35.0 Å². The third-order valence-electron chi connectivity index (χ3n) is 3.36. The number of carbonyl (C=O) groups is 2. The van der Waals surface area contributed by atoms with Crippen LogP contribution in [0.5, 0.6) is 0 Å². The zero-order chi connectivity index (χ0) is 17.8. The van der Waals surface area contributed by atoms with Crippen molar-refractivity contribution in [2.24, 2.45) is 0 Å². The third kappa shape index (κ3) is 3.99. The lowest BCUT2D eigenvalue weighted by Crippen LogP contribution is -2.41. The maximum absolute atomic E-state index is 12.1. The second-order valence-electron chi connectivity index (χ2n) is 5.07. The van der Waals surface area contributed by atoms with Crippen LogP contribution >= 0.6 is 23.2 Å². The smallest absolute Gasteiger partial charge is 0.272 e. The Bertz CT molecular complexity index is 925. The van der Waals surface area contributed by atoms with Crippen LogP contribution in [0.1, 0.15) is 20.8 Å². The summed E-state index contributed by atoms with van der Waals surface area (Å²) in [5, 5.41) is 7.31. The number of benzene rings is 2. The van der Waals surface area contributed by atoms with Gasteiger partial charge in [0, 0.05) is 11.1 Å². The van der Waals surface area contributed by atoms with Crippen LogP contribution in [0, 0.1) is 0 Å². The van der Waals surface area contributed by atoms with Gasteiger partial charge in [-0.25, -0.2) is 0 Å². The SMILES string of the molecule is O=C(NNC(=O)c1cc(-c2ccccc2)n[nH]1)c1ccc(Cl)c(Cl)c1. The summed E-state index contributed by atoms with van der Waals surface area (Å²) in [5.74, 6) is -1.04. The lowest BCUT2D eigenvalue weighted by Gasteiger charge is -2.06. The molecule has 0 spiro atoms. The number of halogens is 2. The molecule has 0 aliphatic rings. The molecule has 8 heteroatoms. The predicted molar refractivity (Wildman–Crippen MR) is 95.4 cm³/mol. The minimum atomic E-state index is -0.525. The molecule has 0 fully saturated rings. The van der Waals surface area contributed by atoms with Gasteiger partial charge in [-0.15, -0.1) is 0 Å². The minimum absolute atomic E-state index is 0.216. The number of nitrogens with zero attached hydrogens (tertiary/aromatic N) is 1. The van der Waals surface area contributed by atoms with Crippen molar-refractivity contribution in [3.05, 3.63) is 75.9 Å². The number of hydrazine groups is 1. The number of rotatable bonds is 3. The summed E-state index contributed by atoms with van der Waals surface area (Å²) in [6, 6.07) is 15.4. The van der Waals surface area contributed by atoms with Crippen molar-refractivity contribution in [1.82, 2.24) is 21.0 Å². The van der Waals surface area contributed by atoms with Gasteiger partial charge in [0.1, 0.15) is 5.69 Å². The molecule has 1 heterocycles. The fourth-order valence-electron chi connectivity index (χ4n) is 2.09. The molecule has 0 atom stereocenters. The first kappa shape index (κ1) is 17.0. The Morgan fingerprint density at radius 3 is 2.32 bits per heavy atom. The summed E-state index contributed by atoms with van der Waals surface area (Å²) >= 11 is 11.7. The van der Waals surface area contributed by atoms with Crippen LogP contribution in [0.15, 0.2) is 54.6 Å². The van der Waals surface area contributed by atoms with E-state index in [2.05, 4.69) is 21.0 Å². The topological polar surface area (TPSA) is 86.9 Å². The molecular formula is C17H12Cl2N4O2. The van der Waals surface area contributed by atoms with Crippen molar-refractivity contribution in [3.8, 4) is 11.3 Å². The van der Waals surface area contributed by atoms with Gasteiger partial charge in [-0.05, 0) is 24.3 Å². The fraction of sp³-hybridized carbons (Fsp3) is 0. The van der Waals surface area contributed by atoms with Crippen molar-refractivity contribution in [1.29, 1.82) is 0 Å². The van der Waals surface area contributed by atoms with E-state index in [0.29, 0.717) is 10.7 Å². The Balaban J connectivity index is 1.64. The Morgan fingerprint density at radius 2 is 1.60 bits per heavy atom. The quantitative estimate of drug-likeness (QED) is 0.613. The molecule has 0 unspecified atom stereocenters. The number of H-pyrrole nitrogens is 1. The van der Waals surface area contributed by atoms with Crippen molar-refractivity contribution in [3.63, 3.8) is 0 Å². The Morgan fingerprint density at radius 1 is 0.880 bits per heavy atom. The number of hydrogen-bond acceptors (Lipinski definition) is 3. The normalized spacial score (nSPS) is 10.3. The van der Waals surface area contributed by atoms with E-state index >= 15 is 0 Å². The second kappa shape index (κ2) is 7.38. The minimum Gasteiger partial charge on any atom is -0.272 e. The molecule has 0 aliphatic heterocycles. The van der Waals surface area contributed by atoms with E-state index in [9.17, 15) is 9.59 Å². The van der Waals surface area contributed by atoms with Crippen LogP contribution in [0.3, 0.4) is 0 Å².